The van der Waals surface area contributed by atoms with Gasteiger partial charge in [0.15, 0.2) is 0 Å². The number of hydrogen-bond donors (Lipinski definition) is 2. The number of rotatable bonds is 4. The van der Waals surface area contributed by atoms with Crippen molar-refractivity contribution in [2.75, 3.05) is 11.9 Å². The van der Waals surface area contributed by atoms with Crippen molar-refractivity contribution in [3.8, 4) is 0 Å². The largest absolute Gasteiger partial charge is 0.384 e. The van der Waals surface area contributed by atoms with E-state index in [0.717, 1.165) is 17.8 Å². The molecule has 18 heavy (non-hydrogen) atoms. The highest BCUT2D eigenvalue weighted by atomic mass is 35.5. The lowest BCUT2D eigenvalue weighted by molar-refractivity contribution is 0.220. The molecule has 4 nitrogen and oxygen atoms in total. The number of aliphatic hydroxyl groups is 1. The molecule has 94 valence electrons. The number of anilines is 1. The Labute approximate surface area is 111 Å². The molecule has 1 heterocycles. The van der Waals surface area contributed by atoms with E-state index in [1.165, 1.54) is 0 Å². The zero-order valence-corrected chi connectivity index (χ0v) is 10.7. The van der Waals surface area contributed by atoms with Crippen molar-refractivity contribution < 1.29 is 5.11 Å². The van der Waals surface area contributed by atoms with E-state index in [-0.39, 0.29) is 0 Å². The molecule has 0 saturated heterocycles. The van der Waals surface area contributed by atoms with Crippen LogP contribution in [0.2, 0.25) is 5.02 Å². The van der Waals surface area contributed by atoms with Gasteiger partial charge >= 0.3 is 0 Å². The summed E-state index contributed by atoms with van der Waals surface area (Å²) < 4.78 is 0. The molecule has 2 rings (SSSR count). The van der Waals surface area contributed by atoms with Crippen LogP contribution in [-0.2, 0) is 0 Å². The Balaban J connectivity index is 2.33. The molecule has 1 aromatic carbocycles. The first-order chi connectivity index (χ1) is 8.72. The van der Waals surface area contributed by atoms with Crippen molar-refractivity contribution in [2.24, 2.45) is 0 Å². The number of benzene rings is 1. The fraction of sp³-hybridized carbons (Fsp3) is 0.231. The van der Waals surface area contributed by atoms with Gasteiger partial charge in [-0.3, -0.25) is 0 Å². The van der Waals surface area contributed by atoms with Gasteiger partial charge < -0.3 is 10.4 Å². The van der Waals surface area contributed by atoms with Crippen LogP contribution >= 0.6 is 11.6 Å². The highest BCUT2D eigenvalue weighted by Gasteiger charge is 2.14. The quantitative estimate of drug-likeness (QED) is 0.890. The number of aromatic nitrogens is 2. The van der Waals surface area contributed by atoms with Crippen LogP contribution < -0.4 is 5.32 Å². The second-order valence-electron chi connectivity index (χ2n) is 3.84. The van der Waals surface area contributed by atoms with Crippen molar-refractivity contribution in [3.63, 3.8) is 0 Å². The molecule has 1 unspecified atom stereocenters. The number of hydrogen-bond acceptors (Lipinski definition) is 4. The SMILES string of the molecule is CCNc1cnncc1C(O)c1ccc(Cl)cc1. The maximum atomic E-state index is 10.3. The van der Waals surface area contributed by atoms with E-state index >= 15 is 0 Å². The van der Waals surface area contributed by atoms with Crippen molar-refractivity contribution in [2.45, 2.75) is 13.0 Å². The van der Waals surface area contributed by atoms with Crippen molar-refractivity contribution in [3.05, 3.63) is 52.8 Å². The smallest absolute Gasteiger partial charge is 0.108 e. The van der Waals surface area contributed by atoms with Gasteiger partial charge in [0, 0.05) is 17.1 Å². The van der Waals surface area contributed by atoms with E-state index in [1.54, 1.807) is 36.7 Å². The number of aliphatic hydroxyl groups excluding tert-OH is 1. The third-order valence-corrected chi connectivity index (χ3v) is 2.86. The van der Waals surface area contributed by atoms with Gasteiger partial charge in [-0.2, -0.15) is 10.2 Å². The topological polar surface area (TPSA) is 58.0 Å². The first kappa shape index (κ1) is 12.8. The summed E-state index contributed by atoms with van der Waals surface area (Å²) in [6, 6.07) is 7.09. The third kappa shape index (κ3) is 2.78. The number of nitrogens with one attached hydrogen (secondary N) is 1. The summed E-state index contributed by atoms with van der Waals surface area (Å²) in [5.41, 5.74) is 2.26. The Morgan fingerprint density at radius 1 is 1.22 bits per heavy atom. The molecule has 1 atom stereocenters. The lowest BCUT2D eigenvalue weighted by Crippen LogP contribution is -2.07. The van der Waals surface area contributed by atoms with Crippen LogP contribution in [0.4, 0.5) is 5.69 Å². The summed E-state index contributed by atoms with van der Waals surface area (Å²) in [5.74, 6) is 0. The van der Waals surface area contributed by atoms with E-state index in [0.29, 0.717) is 10.6 Å². The molecule has 0 amide bonds. The maximum absolute atomic E-state index is 10.3. The zero-order chi connectivity index (χ0) is 13.0. The van der Waals surface area contributed by atoms with Crippen molar-refractivity contribution >= 4 is 17.3 Å². The third-order valence-electron chi connectivity index (χ3n) is 2.61. The van der Waals surface area contributed by atoms with Gasteiger partial charge in [0.2, 0.25) is 0 Å². The van der Waals surface area contributed by atoms with Crippen LogP contribution in [0, 0.1) is 0 Å². The van der Waals surface area contributed by atoms with Crippen molar-refractivity contribution in [1.29, 1.82) is 0 Å². The van der Waals surface area contributed by atoms with Gasteiger partial charge in [-0.25, -0.2) is 0 Å². The molecule has 0 fully saturated rings. The molecule has 0 aliphatic heterocycles. The average molecular weight is 264 g/mol. The molecule has 2 aromatic rings. The first-order valence-electron chi connectivity index (χ1n) is 5.70. The Kier molecular flexibility index (Phi) is 4.12. The molecule has 0 aliphatic rings. The van der Waals surface area contributed by atoms with E-state index in [2.05, 4.69) is 15.5 Å². The highest BCUT2D eigenvalue weighted by molar-refractivity contribution is 6.30. The van der Waals surface area contributed by atoms with Gasteiger partial charge in [0.25, 0.3) is 0 Å². The lowest BCUT2D eigenvalue weighted by Gasteiger charge is -2.15. The molecule has 5 heteroatoms. The summed E-state index contributed by atoms with van der Waals surface area (Å²) in [5, 5.41) is 21.8. The van der Waals surface area contributed by atoms with Crippen LogP contribution in [0.5, 0.6) is 0 Å². The normalized spacial score (nSPS) is 12.2. The van der Waals surface area contributed by atoms with Crippen LogP contribution in [0.1, 0.15) is 24.2 Å². The van der Waals surface area contributed by atoms with Crippen LogP contribution in [-0.4, -0.2) is 21.8 Å². The second-order valence-corrected chi connectivity index (χ2v) is 4.28. The fourth-order valence-corrected chi connectivity index (χ4v) is 1.84. The lowest BCUT2D eigenvalue weighted by atomic mass is 10.0. The minimum Gasteiger partial charge on any atom is -0.384 e. The predicted octanol–water partition coefficient (Wildman–Crippen LogP) is 2.64. The molecule has 0 aliphatic carbocycles. The average Bonchev–Trinajstić information content (AvgIpc) is 2.40. The molecule has 0 spiro atoms. The summed E-state index contributed by atoms with van der Waals surface area (Å²) in [6.07, 6.45) is 2.43. The Hall–Kier alpha value is -1.65. The maximum Gasteiger partial charge on any atom is 0.108 e. The van der Waals surface area contributed by atoms with Crippen LogP contribution in [0.3, 0.4) is 0 Å². The van der Waals surface area contributed by atoms with Gasteiger partial charge in [-0.1, -0.05) is 23.7 Å². The Bertz CT molecular complexity index is 516. The van der Waals surface area contributed by atoms with Gasteiger partial charge in [-0.05, 0) is 24.6 Å². The molecular formula is C13H14ClN3O. The standard InChI is InChI=1S/C13H14ClN3O/c1-2-15-12-8-17-16-7-11(12)13(18)9-3-5-10(14)6-4-9/h3-8,13,18H,2H2,1H3,(H,15,16). The van der Waals surface area contributed by atoms with Gasteiger partial charge in [0.1, 0.15) is 6.10 Å². The van der Waals surface area contributed by atoms with E-state index in [1.807, 2.05) is 6.92 Å². The van der Waals surface area contributed by atoms with Crippen LogP contribution in [0.15, 0.2) is 36.7 Å². The number of nitrogens with zero attached hydrogens (tertiary/aromatic N) is 2. The first-order valence-corrected chi connectivity index (χ1v) is 6.08. The van der Waals surface area contributed by atoms with E-state index < -0.39 is 6.10 Å². The Morgan fingerprint density at radius 3 is 2.56 bits per heavy atom. The Morgan fingerprint density at radius 2 is 1.89 bits per heavy atom. The second kappa shape index (κ2) is 5.80. The monoisotopic (exact) mass is 263 g/mol. The summed E-state index contributed by atoms with van der Waals surface area (Å²) >= 11 is 5.83. The van der Waals surface area contributed by atoms with Gasteiger partial charge in [-0.15, -0.1) is 0 Å². The molecule has 1 aromatic heterocycles. The summed E-state index contributed by atoms with van der Waals surface area (Å²) in [7, 11) is 0. The molecule has 0 bridgehead atoms. The molecule has 0 radical (unpaired) electrons. The molecule has 2 N–H and O–H groups in total. The van der Waals surface area contributed by atoms with E-state index in [4.69, 9.17) is 11.6 Å². The molecular weight excluding hydrogens is 250 g/mol. The molecule has 0 saturated carbocycles. The van der Waals surface area contributed by atoms with Crippen molar-refractivity contribution in [1.82, 2.24) is 10.2 Å². The predicted molar refractivity (Wildman–Crippen MR) is 71.7 cm³/mol. The summed E-state index contributed by atoms with van der Waals surface area (Å²) in [6.45, 7) is 2.74. The minimum absolute atomic E-state index is 0.644. The summed E-state index contributed by atoms with van der Waals surface area (Å²) in [4.78, 5) is 0. The van der Waals surface area contributed by atoms with Crippen LogP contribution in [0.25, 0.3) is 0 Å². The van der Waals surface area contributed by atoms with Gasteiger partial charge in [0.05, 0.1) is 18.1 Å². The zero-order valence-electron chi connectivity index (χ0n) is 9.97. The minimum atomic E-state index is -0.744. The highest BCUT2D eigenvalue weighted by Crippen LogP contribution is 2.27. The fourth-order valence-electron chi connectivity index (χ4n) is 1.71. The number of halogens is 1. The van der Waals surface area contributed by atoms with E-state index in [9.17, 15) is 5.11 Å².